The maximum absolute atomic E-state index is 12.8. The van der Waals surface area contributed by atoms with Gasteiger partial charge in [-0.05, 0) is 31.0 Å². The number of halogens is 3. The van der Waals surface area contributed by atoms with Crippen molar-refractivity contribution in [1.29, 1.82) is 0 Å². The minimum absolute atomic E-state index is 0.00843. The van der Waals surface area contributed by atoms with Crippen molar-refractivity contribution < 1.29 is 31.6 Å². The molecule has 184 valence electrons. The lowest BCUT2D eigenvalue weighted by molar-refractivity contribution is -0.142. The minimum Gasteiger partial charge on any atom is -0.494 e. The van der Waals surface area contributed by atoms with Gasteiger partial charge in [-0.2, -0.15) is 18.3 Å². The lowest BCUT2D eigenvalue weighted by Gasteiger charge is -2.16. The number of para-hydroxylation sites is 1. The summed E-state index contributed by atoms with van der Waals surface area (Å²) in [5.41, 5.74) is 0.403. The molecule has 2 amide bonds. The normalized spacial score (nSPS) is 14.9. The van der Waals surface area contributed by atoms with E-state index in [1.54, 1.807) is 18.2 Å². The van der Waals surface area contributed by atoms with Crippen molar-refractivity contribution >= 4 is 29.0 Å². The number of nitrogens with zero attached hydrogens (tertiary/aromatic N) is 4. The van der Waals surface area contributed by atoms with Crippen LogP contribution in [0.25, 0.3) is 11.3 Å². The first-order valence-corrected chi connectivity index (χ1v) is 10.4. The topological polar surface area (TPSA) is 123 Å². The van der Waals surface area contributed by atoms with Crippen molar-refractivity contribution in [1.82, 2.24) is 25.3 Å². The molecule has 10 nitrogen and oxygen atoms in total. The van der Waals surface area contributed by atoms with Crippen LogP contribution in [0, 0.1) is 5.92 Å². The van der Waals surface area contributed by atoms with Gasteiger partial charge in [-0.3, -0.25) is 14.3 Å². The van der Waals surface area contributed by atoms with Crippen LogP contribution in [0.15, 0.2) is 36.5 Å². The van der Waals surface area contributed by atoms with Gasteiger partial charge in [0.15, 0.2) is 17.3 Å². The molecule has 0 unspecified atom stereocenters. The average Bonchev–Trinajstić information content (AvgIpc) is 3.57. The molecule has 4 rings (SSSR count). The van der Waals surface area contributed by atoms with Crippen LogP contribution in [0.3, 0.4) is 0 Å². The minimum atomic E-state index is -4.45. The summed E-state index contributed by atoms with van der Waals surface area (Å²) < 4.78 is 66.5. The molecule has 1 fully saturated rings. The zero-order valence-corrected chi connectivity index (χ0v) is 18.3. The Balaban J connectivity index is 1.70. The quantitative estimate of drug-likeness (QED) is 0.441. The monoisotopic (exact) mass is 492 g/mol. The van der Waals surface area contributed by atoms with Crippen LogP contribution >= 0.6 is 0 Å². The Morgan fingerprint density at radius 2 is 2.03 bits per heavy atom. The molecule has 0 atom stereocenters. The van der Waals surface area contributed by atoms with Crippen molar-refractivity contribution in [2.75, 3.05) is 24.7 Å². The highest BCUT2D eigenvalue weighted by Crippen LogP contribution is 2.38. The molecule has 3 aromatic rings. The smallest absolute Gasteiger partial charge is 0.408 e. The number of rotatable bonds is 8. The Morgan fingerprint density at radius 3 is 2.71 bits per heavy atom. The van der Waals surface area contributed by atoms with E-state index in [9.17, 15) is 22.8 Å². The van der Waals surface area contributed by atoms with Gasteiger partial charge in [0.05, 0.1) is 24.2 Å². The lowest BCUT2D eigenvalue weighted by Crippen LogP contribution is -2.22. The molecule has 0 aliphatic heterocycles. The third-order valence-corrected chi connectivity index (χ3v) is 5.07. The number of amides is 2. The number of carbonyl (C=O) groups is 2. The van der Waals surface area contributed by atoms with Gasteiger partial charge in [0.25, 0.3) is 5.91 Å². The Bertz CT molecular complexity index is 1360. The van der Waals surface area contributed by atoms with E-state index in [2.05, 4.69) is 25.9 Å². The molecule has 0 saturated heterocycles. The van der Waals surface area contributed by atoms with Gasteiger partial charge in [-0.15, -0.1) is 10.2 Å². The van der Waals surface area contributed by atoms with Crippen molar-refractivity contribution in [2.24, 2.45) is 5.92 Å². The molecular weight excluding hydrogens is 467 g/mol. The molecule has 2 aromatic heterocycles. The van der Waals surface area contributed by atoms with Gasteiger partial charge in [0.1, 0.15) is 6.54 Å². The first-order chi connectivity index (χ1) is 17.8. The fourth-order valence-corrected chi connectivity index (χ4v) is 3.33. The highest BCUT2D eigenvalue weighted by molar-refractivity contribution is 6.00. The van der Waals surface area contributed by atoms with Crippen molar-refractivity contribution in [2.45, 2.75) is 25.6 Å². The third kappa shape index (κ3) is 5.67. The van der Waals surface area contributed by atoms with E-state index in [0.717, 1.165) is 17.5 Å². The molecule has 13 heteroatoms. The fourth-order valence-electron chi connectivity index (χ4n) is 3.33. The number of ether oxygens (including phenoxy) is 1. The number of hydrogen-bond donors (Lipinski definition) is 3. The van der Waals surface area contributed by atoms with Gasteiger partial charge in [0.2, 0.25) is 5.91 Å². The lowest BCUT2D eigenvalue weighted by atomic mass is 10.1. The number of hydrogen-bond acceptors (Lipinski definition) is 7. The number of alkyl halides is 3. The summed E-state index contributed by atoms with van der Waals surface area (Å²) in [6.07, 6.45) is -1.79. The van der Waals surface area contributed by atoms with Crippen LogP contribution in [0.5, 0.6) is 5.75 Å². The Labute approximate surface area is 202 Å². The third-order valence-electron chi connectivity index (χ3n) is 5.07. The Kier molecular flexibility index (Phi) is 5.55. The first kappa shape index (κ1) is 20.2. The maximum Gasteiger partial charge on any atom is 0.408 e. The molecule has 2 heterocycles. The van der Waals surface area contributed by atoms with E-state index in [0.29, 0.717) is 5.56 Å². The second-order valence-electron chi connectivity index (χ2n) is 7.73. The van der Waals surface area contributed by atoms with E-state index in [1.165, 1.54) is 25.4 Å². The zero-order valence-electron chi connectivity index (χ0n) is 21.3. The predicted octanol–water partition coefficient (Wildman–Crippen LogP) is 3.36. The number of carbonyl (C=O) groups excluding carboxylic acids is 2. The summed E-state index contributed by atoms with van der Waals surface area (Å²) in [5.74, 6) is -1.26. The summed E-state index contributed by atoms with van der Waals surface area (Å²) in [7, 11) is 1.34. The second kappa shape index (κ2) is 9.60. The summed E-state index contributed by atoms with van der Waals surface area (Å²) in [6, 6.07) is 7.42. The van der Waals surface area contributed by atoms with Crippen LogP contribution in [-0.2, 0) is 11.3 Å². The predicted molar refractivity (Wildman–Crippen MR) is 120 cm³/mol. The van der Waals surface area contributed by atoms with Crippen molar-refractivity contribution in [3.05, 3.63) is 42.2 Å². The molecule has 0 bridgehead atoms. The van der Waals surface area contributed by atoms with Gasteiger partial charge in [0, 0.05) is 34.8 Å². The van der Waals surface area contributed by atoms with Gasteiger partial charge >= 0.3 is 6.18 Å². The van der Waals surface area contributed by atoms with Gasteiger partial charge < -0.3 is 20.7 Å². The Morgan fingerprint density at radius 1 is 1.23 bits per heavy atom. The summed E-state index contributed by atoms with van der Waals surface area (Å²) >= 11 is 0. The second-order valence-corrected chi connectivity index (χ2v) is 7.73. The fraction of sp³-hybridized carbons (Fsp3) is 0.318. The highest BCUT2D eigenvalue weighted by atomic mass is 19.4. The van der Waals surface area contributed by atoms with Crippen LogP contribution in [-0.4, -0.2) is 52.1 Å². The zero-order chi connectivity index (χ0) is 27.7. The number of methoxy groups -OCH3 is 1. The van der Waals surface area contributed by atoms with E-state index < -0.39 is 25.6 Å². The van der Waals surface area contributed by atoms with Crippen LogP contribution in [0.2, 0.25) is 0 Å². The standard InChI is InChI=1S/C22H22F3N7O3/c1-26-21(34)18-16(10-17(29-30-18)28-20(33)12-6-7-12)27-15-5-3-4-13(19(15)35-2)14-8-9-32(31-14)11-22(23,24)25/h3-5,8-10,12H,6-7,11H2,1-2H3,(H,26,34)(H2,27,28,29,33)/i1D3. The SMILES string of the molecule is [2H]C([2H])([2H])NC(=O)c1nnc(NC(=O)C2CC2)cc1Nc1cccc(-c2ccn(CC(F)(F)F)n2)c1OC. The van der Waals surface area contributed by atoms with Crippen LogP contribution in [0.1, 0.15) is 27.4 Å². The van der Waals surface area contributed by atoms with Gasteiger partial charge in [-0.25, -0.2) is 0 Å². The number of benzene rings is 1. The van der Waals surface area contributed by atoms with Crippen LogP contribution in [0.4, 0.5) is 30.4 Å². The van der Waals surface area contributed by atoms with Crippen LogP contribution < -0.4 is 20.7 Å². The molecular formula is C22H22F3N7O3. The highest BCUT2D eigenvalue weighted by Gasteiger charge is 2.30. The maximum atomic E-state index is 12.8. The molecule has 1 aliphatic carbocycles. The van der Waals surface area contributed by atoms with Crippen molar-refractivity contribution in [3.8, 4) is 17.0 Å². The number of aromatic nitrogens is 4. The summed E-state index contributed by atoms with van der Waals surface area (Å²) in [4.78, 5) is 24.8. The average molecular weight is 492 g/mol. The number of anilines is 3. The number of nitrogens with one attached hydrogen (secondary N) is 3. The molecule has 1 saturated carbocycles. The van der Waals surface area contributed by atoms with E-state index in [-0.39, 0.29) is 46.2 Å². The van der Waals surface area contributed by atoms with E-state index in [4.69, 9.17) is 8.85 Å². The largest absolute Gasteiger partial charge is 0.494 e. The van der Waals surface area contributed by atoms with Crippen molar-refractivity contribution in [3.63, 3.8) is 0 Å². The molecule has 0 spiro atoms. The molecule has 1 aromatic carbocycles. The molecule has 0 radical (unpaired) electrons. The molecule has 35 heavy (non-hydrogen) atoms. The Hall–Kier alpha value is -4.16. The van der Waals surface area contributed by atoms with E-state index in [1.807, 2.05) is 5.32 Å². The van der Waals surface area contributed by atoms with E-state index >= 15 is 0 Å². The summed E-state index contributed by atoms with van der Waals surface area (Å²) in [6.45, 7) is -4.07. The molecule has 1 aliphatic rings. The molecule has 3 N–H and O–H groups in total. The first-order valence-electron chi connectivity index (χ1n) is 11.9. The van der Waals surface area contributed by atoms with Gasteiger partial charge in [-0.1, -0.05) is 6.07 Å². The summed E-state index contributed by atoms with van der Waals surface area (Å²) in [5, 5.41) is 19.0.